The second-order valence-electron chi connectivity index (χ2n) is 4.30. The molecule has 2 N–H and O–H groups in total. The summed E-state index contributed by atoms with van der Waals surface area (Å²) in [5.74, 6) is 0. The van der Waals surface area contributed by atoms with E-state index in [2.05, 4.69) is 17.2 Å². The second kappa shape index (κ2) is 3.76. The summed E-state index contributed by atoms with van der Waals surface area (Å²) in [6, 6.07) is 10.3. The largest absolute Gasteiger partial charge is 0.323 e. The van der Waals surface area contributed by atoms with E-state index in [4.69, 9.17) is 5.73 Å². The number of benzene rings is 1. The van der Waals surface area contributed by atoms with E-state index in [1.165, 1.54) is 17.7 Å². The normalized spacial score (nSPS) is 19.4. The van der Waals surface area contributed by atoms with Crippen molar-refractivity contribution in [3.05, 3.63) is 47.8 Å². The lowest BCUT2D eigenvalue weighted by atomic mass is 9.94. The Morgan fingerprint density at radius 3 is 2.88 bits per heavy atom. The molecule has 1 unspecified atom stereocenters. The average molecular weight is 213 g/mol. The molecule has 2 aromatic rings. The van der Waals surface area contributed by atoms with Crippen molar-refractivity contribution in [3.8, 4) is 5.69 Å². The first-order valence-electron chi connectivity index (χ1n) is 5.74. The van der Waals surface area contributed by atoms with Crippen LogP contribution < -0.4 is 5.73 Å². The van der Waals surface area contributed by atoms with Gasteiger partial charge in [-0.3, -0.25) is 0 Å². The van der Waals surface area contributed by atoms with Gasteiger partial charge in [-0.05, 0) is 37.0 Å². The summed E-state index contributed by atoms with van der Waals surface area (Å²) in [6.45, 7) is 0. The molecule has 1 aliphatic carbocycles. The Labute approximate surface area is 94.9 Å². The molecule has 0 radical (unpaired) electrons. The zero-order valence-electron chi connectivity index (χ0n) is 9.13. The van der Waals surface area contributed by atoms with Gasteiger partial charge in [-0.15, -0.1) is 0 Å². The number of nitrogens with zero attached hydrogens (tertiary/aromatic N) is 2. The molecule has 3 rings (SSSR count). The Balaban J connectivity index is 2.13. The molecule has 3 heteroatoms. The van der Waals surface area contributed by atoms with Crippen LogP contribution >= 0.6 is 0 Å². The highest BCUT2D eigenvalue weighted by molar-refractivity contribution is 5.37. The van der Waals surface area contributed by atoms with Crippen LogP contribution in [0.25, 0.3) is 5.69 Å². The first-order chi connectivity index (χ1) is 7.86. The third kappa shape index (κ3) is 1.44. The molecule has 0 saturated heterocycles. The lowest BCUT2D eigenvalue weighted by Gasteiger charge is -2.20. The Hall–Kier alpha value is -1.61. The molecule has 0 saturated carbocycles. The number of fused-ring (bicyclic) bond motifs is 1. The molecule has 1 aromatic carbocycles. The minimum absolute atomic E-state index is 0.131. The van der Waals surface area contributed by atoms with E-state index in [0.29, 0.717) is 0 Å². The maximum absolute atomic E-state index is 6.17. The average Bonchev–Trinajstić information content (AvgIpc) is 2.75. The van der Waals surface area contributed by atoms with Crippen molar-refractivity contribution >= 4 is 0 Å². The third-order valence-electron chi connectivity index (χ3n) is 3.20. The predicted octanol–water partition coefficient (Wildman–Crippen LogP) is 2.21. The summed E-state index contributed by atoms with van der Waals surface area (Å²) in [7, 11) is 0. The van der Waals surface area contributed by atoms with E-state index in [1.54, 1.807) is 0 Å². The van der Waals surface area contributed by atoms with Crippen LogP contribution in [0.4, 0.5) is 0 Å². The topological polar surface area (TPSA) is 43.8 Å². The molecule has 0 bridgehead atoms. The van der Waals surface area contributed by atoms with Crippen LogP contribution in [0.5, 0.6) is 0 Å². The smallest absolute Gasteiger partial charge is 0.0649 e. The molecule has 82 valence electrons. The fourth-order valence-electron chi connectivity index (χ4n) is 2.40. The molecule has 0 aliphatic heterocycles. The van der Waals surface area contributed by atoms with Gasteiger partial charge in [-0.2, -0.15) is 5.10 Å². The number of para-hydroxylation sites is 1. The number of nitrogens with two attached hydrogens (primary N) is 1. The maximum Gasteiger partial charge on any atom is 0.0649 e. The van der Waals surface area contributed by atoms with E-state index < -0.39 is 0 Å². The van der Waals surface area contributed by atoms with Crippen molar-refractivity contribution in [1.29, 1.82) is 0 Å². The van der Waals surface area contributed by atoms with Gasteiger partial charge in [0.1, 0.15) is 0 Å². The summed E-state index contributed by atoms with van der Waals surface area (Å²) in [5.41, 5.74) is 9.77. The van der Waals surface area contributed by atoms with Crippen molar-refractivity contribution in [3.63, 3.8) is 0 Å². The molecule has 3 nitrogen and oxygen atoms in total. The quantitative estimate of drug-likeness (QED) is 0.789. The highest BCUT2D eigenvalue weighted by Crippen LogP contribution is 2.29. The molecule has 0 fully saturated rings. The second-order valence-corrected chi connectivity index (χ2v) is 4.30. The van der Waals surface area contributed by atoms with Crippen LogP contribution in [0.15, 0.2) is 36.5 Å². The SMILES string of the molecule is NC1CCCc2cnn(-c3ccccc3)c21. The molecule has 0 spiro atoms. The highest BCUT2D eigenvalue weighted by atomic mass is 15.3. The van der Waals surface area contributed by atoms with E-state index >= 15 is 0 Å². The van der Waals surface area contributed by atoms with Gasteiger partial charge in [0.15, 0.2) is 0 Å². The fraction of sp³-hybridized carbons (Fsp3) is 0.308. The Bertz CT molecular complexity index is 487. The fourth-order valence-corrected chi connectivity index (χ4v) is 2.40. The van der Waals surface area contributed by atoms with Crippen LogP contribution in [0.2, 0.25) is 0 Å². The number of aromatic nitrogens is 2. The number of rotatable bonds is 1. The van der Waals surface area contributed by atoms with Crippen LogP contribution in [0.1, 0.15) is 30.1 Å². The van der Waals surface area contributed by atoms with Crippen molar-refractivity contribution < 1.29 is 0 Å². The summed E-state index contributed by atoms with van der Waals surface area (Å²) in [4.78, 5) is 0. The lowest BCUT2D eigenvalue weighted by Crippen LogP contribution is -2.20. The minimum Gasteiger partial charge on any atom is -0.323 e. The molecule has 0 amide bonds. The van der Waals surface area contributed by atoms with Crippen LogP contribution in [-0.2, 0) is 6.42 Å². The van der Waals surface area contributed by atoms with Crippen molar-refractivity contribution in [2.24, 2.45) is 5.73 Å². The lowest BCUT2D eigenvalue weighted by molar-refractivity contribution is 0.543. The number of hydrogen-bond acceptors (Lipinski definition) is 2. The van der Waals surface area contributed by atoms with Gasteiger partial charge in [0.05, 0.1) is 17.6 Å². The summed E-state index contributed by atoms with van der Waals surface area (Å²) in [5, 5.41) is 4.46. The Morgan fingerprint density at radius 2 is 2.06 bits per heavy atom. The van der Waals surface area contributed by atoms with Crippen molar-refractivity contribution in [2.75, 3.05) is 0 Å². The zero-order chi connectivity index (χ0) is 11.0. The van der Waals surface area contributed by atoms with Gasteiger partial charge in [-0.25, -0.2) is 4.68 Å². The van der Waals surface area contributed by atoms with Gasteiger partial charge in [0, 0.05) is 6.04 Å². The van der Waals surface area contributed by atoms with Crippen LogP contribution in [0, 0.1) is 0 Å². The molecule has 1 aliphatic rings. The predicted molar refractivity (Wildman–Crippen MR) is 63.4 cm³/mol. The Morgan fingerprint density at radius 1 is 1.25 bits per heavy atom. The van der Waals surface area contributed by atoms with Gasteiger partial charge >= 0.3 is 0 Å². The third-order valence-corrected chi connectivity index (χ3v) is 3.20. The van der Waals surface area contributed by atoms with E-state index in [9.17, 15) is 0 Å². The van der Waals surface area contributed by atoms with Gasteiger partial charge in [0.25, 0.3) is 0 Å². The molecule has 1 heterocycles. The number of hydrogen-bond donors (Lipinski definition) is 1. The van der Waals surface area contributed by atoms with Gasteiger partial charge in [0.2, 0.25) is 0 Å². The summed E-state index contributed by atoms with van der Waals surface area (Å²) >= 11 is 0. The van der Waals surface area contributed by atoms with E-state index in [1.807, 2.05) is 29.1 Å². The molecular weight excluding hydrogens is 198 g/mol. The van der Waals surface area contributed by atoms with E-state index in [0.717, 1.165) is 18.5 Å². The van der Waals surface area contributed by atoms with Crippen molar-refractivity contribution in [2.45, 2.75) is 25.3 Å². The summed E-state index contributed by atoms with van der Waals surface area (Å²) in [6.07, 6.45) is 5.30. The first-order valence-corrected chi connectivity index (χ1v) is 5.74. The molecular formula is C13H15N3. The standard InChI is InChI=1S/C13H15N3/c14-12-8-4-5-10-9-15-16(13(10)12)11-6-2-1-3-7-11/h1-3,6-7,9,12H,4-5,8,14H2. The highest BCUT2D eigenvalue weighted by Gasteiger charge is 2.22. The van der Waals surface area contributed by atoms with Gasteiger partial charge in [-0.1, -0.05) is 18.2 Å². The molecule has 16 heavy (non-hydrogen) atoms. The van der Waals surface area contributed by atoms with Gasteiger partial charge < -0.3 is 5.73 Å². The first kappa shape index (κ1) is 9.60. The van der Waals surface area contributed by atoms with Crippen LogP contribution in [-0.4, -0.2) is 9.78 Å². The molecule has 1 aromatic heterocycles. The monoisotopic (exact) mass is 213 g/mol. The summed E-state index contributed by atoms with van der Waals surface area (Å²) < 4.78 is 1.99. The van der Waals surface area contributed by atoms with Crippen molar-refractivity contribution in [1.82, 2.24) is 9.78 Å². The maximum atomic E-state index is 6.17. The Kier molecular flexibility index (Phi) is 2.26. The zero-order valence-corrected chi connectivity index (χ0v) is 9.13. The number of aryl methyl sites for hydroxylation is 1. The van der Waals surface area contributed by atoms with E-state index in [-0.39, 0.29) is 6.04 Å². The van der Waals surface area contributed by atoms with Crippen LogP contribution in [0.3, 0.4) is 0 Å². The minimum atomic E-state index is 0.131. The molecule has 1 atom stereocenters.